The van der Waals surface area contributed by atoms with Crippen molar-refractivity contribution in [1.29, 1.82) is 0 Å². The molecule has 0 unspecified atom stereocenters. The van der Waals surface area contributed by atoms with Gasteiger partial charge in [-0.3, -0.25) is 19.8 Å². The van der Waals surface area contributed by atoms with Crippen molar-refractivity contribution < 1.29 is 22.9 Å². The highest BCUT2D eigenvalue weighted by Crippen LogP contribution is 2.53. The van der Waals surface area contributed by atoms with Crippen molar-refractivity contribution in [3.8, 4) is 11.5 Å². The van der Waals surface area contributed by atoms with Crippen LogP contribution >= 0.6 is 0 Å². The van der Waals surface area contributed by atoms with Crippen molar-refractivity contribution in [3.63, 3.8) is 0 Å². The predicted octanol–water partition coefficient (Wildman–Crippen LogP) is 8.63. The van der Waals surface area contributed by atoms with Gasteiger partial charge in [-0.25, -0.2) is 23.1 Å². The van der Waals surface area contributed by atoms with Crippen LogP contribution in [-0.4, -0.2) is 96.4 Å². The first-order valence-corrected chi connectivity index (χ1v) is 24.3. The van der Waals surface area contributed by atoms with Gasteiger partial charge in [0.15, 0.2) is 0 Å². The summed E-state index contributed by atoms with van der Waals surface area (Å²) >= 11 is 0. The first-order valence-electron chi connectivity index (χ1n) is 22.8. The molecule has 0 radical (unpaired) electrons. The summed E-state index contributed by atoms with van der Waals surface area (Å²) in [5.74, 6) is 0.397. The van der Waals surface area contributed by atoms with E-state index in [1.165, 1.54) is 30.4 Å². The molecular weight excluding hydrogens is 831 g/mol. The van der Waals surface area contributed by atoms with Gasteiger partial charge in [0.05, 0.1) is 22.9 Å². The molecule has 15 nitrogen and oxygen atoms in total. The Morgan fingerprint density at radius 1 is 0.984 bits per heavy atom. The second kappa shape index (κ2) is 18.1. The second-order valence-corrected chi connectivity index (χ2v) is 20.5. The number of rotatable bonds is 13. The number of hydrogen-bond acceptors (Lipinski definition) is 12. The first kappa shape index (κ1) is 43.7. The van der Waals surface area contributed by atoms with Gasteiger partial charge in [-0.1, -0.05) is 57.4 Å². The Hall–Kier alpha value is -5.58. The highest BCUT2D eigenvalue weighted by molar-refractivity contribution is 7.90. The number of amides is 1. The number of fused-ring (bicyclic) bond motifs is 1. The van der Waals surface area contributed by atoms with Crippen LogP contribution in [0, 0.1) is 21.4 Å². The largest absolute Gasteiger partial charge is 0.455 e. The van der Waals surface area contributed by atoms with Crippen LogP contribution in [0.5, 0.6) is 11.5 Å². The molecule has 2 aliphatic heterocycles. The minimum Gasteiger partial charge on any atom is -0.455 e. The molecule has 2 aromatic carbocycles. The molecule has 1 atom stereocenters. The van der Waals surface area contributed by atoms with E-state index in [0.717, 1.165) is 94.6 Å². The summed E-state index contributed by atoms with van der Waals surface area (Å²) in [7, 11) is -2.36. The number of nitrogens with zero attached hydrogens (tertiary/aromatic N) is 6. The van der Waals surface area contributed by atoms with Gasteiger partial charge in [0, 0.05) is 80.8 Å². The number of nitro groups is 1. The van der Waals surface area contributed by atoms with Crippen molar-refractivity contribution in [1.82, 2.24) is 29.5 Å². The molecule has 4 aliphatic rings. The number of piperazine rings is 1. The third-order valence-corrected chi connectivity index (χ3v) is 15.6. The molecule has 2 aliphatic carbocycles. The van der Waals surface area contributed by atoms with Crippen LogP contribution in [0.15, 0.2) is 84.1 Å². The van der Waals surface area contributed by atoms with Crippen LogP contribution in [0.2, 0.25) is 0 Å². The van der Waals surface area contributed by atoms with E-state index in [4.69, 9.17) is 4.74 Å². The molecule has 3 N–H and O–H groups in total. The summed E-state index contributed by atoms with van der Waals surface area (Å²) in [6, 6.07) is 19.7. The van der Waals surface area contributed by atoms with E-state index in [-0.39, 0.29) is 22.5 Å². The maximum Gasteiger partial charge on any atom is 0.312 e. The van der Waals surface area contributed by atoms with Gasteiger partial charge >= 0.3 is 5.69 Å². The van der Waals surface area contributed by atoms with E-state index >= 15 is 0 Å². The fourth-order valence-electron chi connectivity index (χ4n) is 10.6. The van der Waals surface area contributed by atoms with E-state index in [2.05, 4.69) is 84.9 Å². The van der Waals surface area contributed by atoms with Crippen molar-refractivity contribution in [2.45, 2.75) is 94.5 Å². The van der Waals surface area contributed by atoms with Crippen molar-refractivity contribution in [2.24, 2.45) is 11.3 Å². The number of aromatic amines is 1. The maximum absolute atomic E-state index is 14.0. The topological polar surface area (TPSA) is 179 Å². The normalized spacial score (nSPS) is 20.1. The van der Waals surface area contributed by atoms with Crippen LogP contribution in [0.4, 0.5) is 17.2 Å². The lowest BCUT2D eigenvalue weighted by atomic mass is 9.59. The SMILES string of the molecule is CC(C)c1ccccc1[C@H]1CN(C)CCN1C1CC2(CCN(c3ccc(C(=O)NS(=O)(=O)c4cnc(NCC5CCCCC5)c([N+](=O)[O-])c4)c(Oc4cnc5[nH]ccc5c4)c3)CC2)C1. The van der Waals surface area contributed by atoms with Gasteiger partial charge in [0.2, 0.25) is 5.82 Å². The first-order chi connectivity index (χ1) is 30.8. The monoisotopic (exact) mass is 889 g/mol. The van der Waals surface area contributed by atoms with Gasteiger partial charge < -0.3 is 24.8 Å². The number of benzene rings is 2. The summed E-state index contributed by atoms with van der Waals surface area (Å²) in [5.41, 5.74) is 4.21. The van der Waals surface area contributed by atoms with Crippen LogP contribution in [0.1, 0.15) is 105 Å². The Morgan fingerprint density at radius 3 is 2.53 bits per heavy atom. The molecule has 5 heterocycles. The quantitative estimate of drug-likeness (QED) is 0.0758. The molecule has 1 amide bonds. The van der Waals surface area contributed by atoms with Crippen LogP contribution in [0.25, 0.3) is 11.0 Å². The van der Waals surface area contributed by atoms with Gasteiger partial charge in [-0.2, -0.15) is 0 Å². The number of ether oxygens (including phenoxy) is 1. The fraction of sp³-hybridized carbons (Fsp3) is 0.479. The predicted molar refractivity (Wildman–Crippen MR) is 248 cm³/mol. The minimum atomic E-state index is -4.59. The van der Waals surface area contributed by atoms with Crippen LogP contribution in [0.3, 0.4) is 0 Å². The second-order valence-electron chi connectivity index (χ2n) is 18.8. The number of piperidine rings is 1. The Kier molecular flexibility index (Phi) is 12.4. The molecule has 4 fully saturated rings. The number of aromatic nitrogens is 3. The van der Waals surface area contributed by atoms with E-state index in [1.807, 2.05) is 12.1 Å². The molecule has 9 rings (SSSR count). The van der Waals surface area contributed by atoms with E-state index in [0.29, 0.717) is 41.9 Å². The average molecular weight is 890 g/mol. The number of nitrogens with one attached hydrogen (secondary N) is 3. The molecule has 2 saturated carbocycles. The van der Waals surface area contributed by atoms with Crippen LogP contribution in [-0.2, 0) is 10.0 Å². The number of pyridine rings is 2. The lowest BCUT2D eigenvalue weighted by Crippen LogP contribution is -2.59. The minimum absolute atomic E-state index is 0.00665. The molecule has 2 saturated heterocycles. The van der Waals surface area contributed by atoms with Crippen molar-refractivity contribution in [3.05, 3.63) is 106 Å². The Balaban J connectivity index is 0.907. The Bertz CT molecular complexity index is 2610. The highest BCUT2D eigenvalue weighted by atomic mass is 32.2. The van der Waals surface area contributed by atoms with E-state index in [1.54, 1.807) is 30.6 Å². The summed E-state index contributed by atoms with van der Waals surface area (Å²) in [6.45, 7) is 9.92. The summed E-state index contributed by atoms with van der Waals surface area (Å²) in [4.78, 5) is 44.1. The molecule has 0 bridgehead atoms. The lowest BCUT2D eigenvalue weighted by molar-refractivity contribution is -0.384. The number of sulfonamides is 1. The molecule has 3 aromatic heterocycles. The van der Waals surface area contributed by atoms with Crippen molar-refractivity contribution in [2.75, 3.05) is 56.5 Å². The van der Waals surface area contributed by atoms with E-state index in [9.17, 15) is 23.3 Å². The van der Waals surface area contributed by atoms with E-state index < -0.39 is 31.4 Å². The standard InChI is InChI=1S/C48H59N9O6S/c1-32(2)39-11-7-8-12-40(39)43-31-54(3)21-22-56(43)36-26-48(27-36)16-19-55(20-17-48)35-13-14-41(44(24-35)63-37-23-34-15-18-49-45(34)51-29-37)47(58)53-64(61,62)38-25-42(57(59)60)46(52-30-38)50-28-33-9-5-4-6-10-33/h7-8,11-15,18,23-25,29-30,32-33,36,43H,4-6,9-10,16-17,19-22,26-28,31H2,1-3H3,(H,49,51)(H,50,52)(H,53,58)/t43-/m1/s1. The highest BCUT2D eigenvalue weighted by Gasteiger charge is 2.50. The zero-order chi connectivity index (χ0) is 44.6. The molecule has 5 aromatic rings. The zero-order valence-corrected chi connectivity index (χ0v) is 37.8. The number of anilines is 2. The maximum atomic E-state index is 14.0. The molecule has 338 valence electrons. The molecular formula is C48H59N9O6S. The third-order valence-electron chi connectivity index (χ3n) is 14.3. The molecule has 1 spiro atoms. The fourth-order valence-corrected chi connectivity index (χ4v) is 11.5. The van der Waals surface area contributed by atoms with Gasteiger partial charge in [0.25, 0.3) is 15.9 Å². The van der Waals surface area contributed by atoms with Gasteiger partial charge in [-0.15, -0.1) is 0 Å². The zero-order valence-electron chi connectivity index (χ0n) is 37.0. The average Bonchev–Trinajstić information content (AvgIpc) is 3.76. The summed E-state index contributed by atoms with van der Waals surface area (Å²) in [5, 5.41) is 15.9. The smallest absolute Gasteiger partial charge is 0.312 e. The number of carbonyl (C=O) groups excluding carboxylic acids is 1. The third kappa shape index (κ3) is 9.18. The number of carbonyl (C=O) groups is 1. The summed E-state index contributed by atoms with van der Waals surface area (Å²) in [6.07, 6.45) is 14.3. The van der Waals surface area contributed by atoms with Gasteiger partial charge in [0.1, 0.15) is 22.0 Å². The Morgan fingerprint density at radius 2 is 1.77 bits per heavy atom. The Labute approximate surface area is 375 Å². The summed E-state index contributed by atoms with van der Waals surface area (Å²) < 4.78 is 35.9. The molecule has 16 heteroatoms. The van der Waals surface area contributed by atoms with Crippen molar-refractivity contribution >= 4 is 44.2 Å². The number of hydrogen-bond donors (Lipinski definition) is 3. The van der Waals surface area contributed by atoms with Gasteiger partial charge in [-0.05, 0) is 98.2 Å². The number of likely N-dealkylation sites (N-methyl/N-ethyl adjacent to an activating group) is 1. The van der Waals surface area contributed by atoms with Crippen LogP contribution < -0.4 is 19.7 Å². The molecule has 64 heavy (non-hydrogen) atoms. The lowest BCUT2D eigenvalue weighted by Gasteiger charge is -2.58. The number of H-pyrrole nitrogens is 1.